The molecular formula is C16H14ClN5O3. The largest absolute Gasteiger partial charge is 0.476 e. The maximum atomic E-state index is 12.4. The number of aryl methyl sites for hydroxylation is 1. The number of anilines is 1. The normalized spacial score (nSPS) is 10.6. The minimum atomic E-state index is -1.25. The Bertz CT molecular complexity index is 947. The summed E-state index contributed by atoms with van der Waals surface area (Å²) >= 11 is 5.84. The van der Waals surface area contributed by atoms with Crippen molar-refractivity contribution >= 4 is 29.2 Å². The summed E-state index contributed by atoms with van der Waals surface area (Å²) in [6.07, 6.45) is 4.61. The summed E-state index contributed by atoms with van der Waals surface area (Å²) in [4.78, 5) is 23.5. The summed E-state index contributed by atoms with van der Waals surface area (Å²) in [6, 6.07) is 7.17. The van der Waals surface area contributed by atoms with Gasteiger partial charge in [0, 0.05) is 25.1 Å². The maximum Gasteiger partial charge on any atom is 0.357 e. The predicted molar refractivity (Wildman–Crippen MR) is 90.9 cm³/mol. The van der Waals surface area contributed by atoms with Crippen molar-refractivity contribution in [2.24, 2.45) is 7.05 Å². The van der Waals surface area contributed by atoms with Gasteiger partial charge in [-0.25, -0.2) is 4.79 Å². The van der Waals surface area contributed by atoms with Crippen molar-refractivity contribution < 1.29 is 14.7 Å². The summed E-state index contributed by atoms with van der Waals surface area (Å²) in [6.45, 7) is 0.490. The second-order valence-corrected chi connectivity index (χ2v) is 5.82. The standard InChI is InChI=1S/C16H14ClN5O3/c1-21-9-13(14(20-21)16(24)25)15(23)19-12-4-2-3-10(5-12)7-22-8-11(17)6-18-22/h2-6,8-9H,7H2,1H3,(H,19,23)(H,24,25). The molecule has 0 unspecified atom stereocenters. The van der Waals surface area contributed by atoms with Gasteiger partial charge in [-0.1, -0.05) is 23.7 Å². The second kappa shape index (κ2) is 6.78. The number of aromatic carboxylic acids is 1. The molecule has 2 aromatic heterocycles. The Labute approximate surface area is 147 Å². The van der Waals surface area contributed by atoms with Crippen molar-refractivity contribution in [3.8, 4) is 0 Å². The zero-order valence-electron chi connectivity index (χ0n) is 13.2. The fourth-order valence-electron chi connectivity index (χ4n) is 2.37. The third kappa shape index (κ3) is 3.86. The first kappa shape index (κ1) is 16.7. The molecule has 0 spiro atoms. The van der Waals surface area contributed by atoms with Crippen LogP contribution in [0, 0.1) is 0 Å². The van der Waals surface area contributed by atoms with Gasteiger partial charge in [0.15, 0.2) is 5.69 Å². The molecule has 8 nitrogen and oxygen atoms in total. The molecule has 128 valence electrons. The second-order valence-electron chi connectivity index (χ2n) is 5.38. The third-order valence-electron chi connectivity index (χ3n) is 3.41. The summed E-state index contributed by atoms with van der Waals surface area (Å²) < 4.78 is 2.96. The SMILES string of the molecule is Cn1cc(C(=O)Nc2cccc(Cn3cc(Cl)cn3)c2)c(C(=O)O)n1. The van der Waals surface area contributed by atoms with E-state index in [1.165, 1.54) is 10.9 Å². The number of nitrogens with one attached hydrogen (secondary N) is 1. The molecule has 0 bridgehead atoms. The highest BCUT2D eigenvalue weighted by atomic mass is 35.5. The van der Waals surface area contributed by atoms with Crippen molar-refractivity contribution in [2.45, 2.75) is 6.54 Å². The Kier molecular flexibility index (Phi) is 4.53. The predicted octanol–water partition coefficient (Wildman–Crippen LogP) is 2.27. The van der Waals surface area contributed by atoms with E-state index in [1.807, 2.05) is 6.07 Å². The number of carboxylic acid groups (broad SMARTS) is 1. The lowest BCUT2D eigenvalue weighted by Crippen LogP contribution is -2.15. The van der Waals surface area contributed by atoms with E-state index in [2.05, 4.69) is 15.5 Å². The number of benzene rings is 1. The van der Waals surface area contributed by atoms with Gasteiger partial charge in [0.1, 0.15) is 0 Å². The quantitative estimate of drug-likeness (QED) is 0.727. The minimum Gasteiger partial charge on any atom is -0.476 e. The van der Waals surface area contributed by atoms with E-state index in [0.29, 0.717) is 17.3 Å². The zero-order valence-corrected chi connectivity index (χ0v) is 13.9. The zero-order chi connectivity index (χ0) is 18.0. The van der Waals surface area contributed by atoms with Crippen LogP contribution in [-0.2, 0) is 13.6 Å². The molecule has 0 aliphatic carbocycles. The molecule has 0 fully saturated rings. The average Bonchev–Trinajstić information content (AvgIpc) is 3.13. The summed E-state index contributed by atoms with van der Waals surface area (Å²) in [5.74, 6) is -1.79. The van der Waals surface area contributed by atoms with Crippen molar-refractivity contribution in [3.63, 3.8) is 0 Å². The number of halogens is 1. The molecule has 1 aromatic carbocycles. The number of hydrogen-bond donors (Lipinski definition) is 2. The number of carbonyl (C=O) groups is 2. The van der Waals surface area contributed by atoms with Crippen molar-refractivity contribution in [2.75, 3.05) is 5.32 Å². The minimum absolute atomic E-state index is 0.000684. The first-order valence-corrected chi connectivity index (χ1v) is 7.65. The Morgan fingerprint density at radius 3 is 2.80 bits per heavy atom. The molecule has 0 radical (unpaired) electrons. The van der Waals surface area contributed by atoms with Crippen molar-refractivity contribution in [3.05, 3.63) is 64.7 Å². The van der Waals surface area contributed by atoms with Gasteiger partial charge in [-0.05, 0) is 17.7 Å². The Morgan fingerprint density at radius 2 is 2.12 bits per heavy atom. The van der Waals surface area contributed by atoms with E-state index in [-0.39, 0.29) is 11.3 Å². The third-order valence-corrected chi connectivity index (χ3v) is 3.60. The summed E-state index contributed by atoms with van der Waals surface area (Å²) in [5.41, 5.74) is 1.16. The number of aromatic nitrogens is 4. The first-order chi connectivity index (χ1) is 11.9. The van der Waals surface area contributed by atoms with Crippen LogP contribution in [0.15, 0.2) is 42.9 Å². The van der Waals surface area contributed by atoms with Gasteiger partial charge in [0.25, 0.3) is 5.91 Å². The molecule has 2 N–H and O–H groups in total. The van der Waals surface area contributed by atoms with Gasteiger partial charge in [0.05, 0.1) is 23.3 Å². The fraction of sp³-hybridized carbons (Fsp3) is 0.125. The van der Waals surface area contributed by atoms with Crippen LogP contribution >= 0.6 is 11.6 Å². The molecule has 1 amide bonds. The molecule has 0 saturated heterocycles. The van der Waals surface area contributed by atoms with E-state index in [9.17, 15) is 9.59 Å². The lowest BCUT2D eigenvalue weighted by Gasteiger charge is -2.07. The van der Waals surface area contributed by atoms with Crippen LogP contribution in [0.5, 0.6) is 0 Å². The average molecular weight is 360 g/mol. The fourth-order valence-corrected chi connectivity index (χ4v) is 2.53. The van der Waals surface area contributed by atoms with Crippen LogP contribution < -0.4 is 5.32 Å². The van der Waals surface area contributed by atoms with Crippen LogP contribution in [0.4, 0.5) is 5.69 Å². The van der Waals surface area contributed by atoms with E-state index in [1.54, 1.807) is 42.3 Å². The van der Waals surface area contributed by atoms with Gasteiger partial charge in [0.2, 0.25) is 0 Å². The Balaban J connectivity index is 1.78. The molecule has 0 aliphatic rings. The smallest absolute Gasteiger partial charge is 0.357 e. The van der Waals surface area contributed by atoms with Crippen LogP contribution in [0.1, 0.15) is 26.4 Å². The van der Waals surface area contributed by atoms with Crippen molar-refractivity contribution in [1.29, 1.82) is 0 Å². The topological polar surface area (TPSA) is 102 Å². The van der Waals surface area contributed by atoms with Crippen LogP contribution in [0.3, 0.4) is 0 Å². The van der Waals surface area contributed by atoms with Gasteiger partial charge in [-0.3, -0.25) is 14.2 Å². The highest BCUT2D eigenvalue weighted by molar-refractivity contribution is 6.30. The molecule has 3 rings (SSSR count). The number of hydrogen-bond acceptors (Lipinski definition) is 4. The first-order valence-electron chi connectivity index (χ1n) is 7.27. The lowest BCUT2D eigenvalue weighted by molar-refractivity contribution is 0.0685. The van der Waals surface area contributed by atoms with Gasteiger partial charge in [-0.15, -0.1) is 0 Å². The van der Waals surface area contributed by atoms with Crippen LogP contribution in [0.25, 0.3) is 0 Å². The molecule has 3 aromatic rings. The van der Waals surface area contributed by atoms with Gasteiger partial charge >= 0.3 is 5.97 Å². The van der Waals surface area contributed by atoms with E-state index in [0.717, 1.165) is 5.56 Å². The van der Waals surface area contributed by atoms with Crippen LogP contribution in [0.2, 0.25) is 5.02 Å². The molecule has 9 heteroatoms. The molecule has 25 heavy (non-hydrogen) atoms. The highest BCUT2D eigenvalue weighted by Gasteiger charge is 2.21. The van der Waals surface area contributed by atoms with E-state index < -0.39 is 11.9 Å². The number of carbonyl (C=O) groups excluding carboxylic acids is 1. The molecule has 0 saturated carbocycles. The number of rotatable bonds is 5. The van der Waals surface area contributed by atoms with Crippen LogP contribution in [-0.4, -0.2) is 36.5 Å². The Hall–Kier alpha value is -3.13. The number of carboxylic acids is 1. The molecular weight excluding hydrogens is 346 g/mol. The van der Waals surface area contributed by atoms with Gasteiger partial charge < -0.3 is 10.4 Å². The monoisotopic (exact) mass is 359 g/mol. The number of amides is 1. The summed E-state index contributed by atoms with van der Waals surface area (Å²) in [5, 5.41) is 20.2. The molecule has 2 heterocycles. The lowest BCUT2D eigenvalue weighted by atomic mass is 10.2. The van der Waals surface area contributed by atoms with Gasteiger partial charge in [-0.2, -0.15) is 10.2 Å². The highest BCUT2D eigenvalue weighted by Crippen LogP contribution is 2.15. The Morgan fingerprint density at radius 1 is 1.32 bits per heavy atom. The molecule has 0 aliphatic heterocycles. The summed E-state index contributed by atoms with van der Waals surface area (Å²) in [7, 11) is 1.55. The number of nitrogens with zero attached hydrogens (tertiary/aromatic N) is 4. The van der Waals surface area contributed by atoms with Crippen molar-refractivity contribution in [1.82, 2.24) is 19.6 Å². The van der Waals surface area contributed by atoms with E-state index in [4.69, 9.17) is 16.7 Å². The van der Waals surface area contributed by atoms with E-state index >= 15 is 0 Å². The molecule has 0 atom stereocenters. The maximum absolute atomic E-state index is 12.4.